The second-order valence-electron chi connectivity index (χ2n) is 3.92. The molecule has 0 saturated carbocycles. The van der Waals surface area contributed by atoms with Gasteiger partial charge in [-0.15, -0.1) is 0 Å². The minimum atomic E-state index is -3.30. The van der Waals surface area contributed by atoms with Crippen molar-refractivity contribution in [2.24, 2.45) is 0 Å². The van der Waals surface area contributed by atoms with Gasteiger partial charge in [-0.1, -0.05) is 6.92 Å². The molecule has 0 heterocycles. The standard InChI is InChI=1S/C12H15NO5S/c1-2-7-19(17,18)10-5-3-9(4-6-10)12(16)13-8-11(14)15/h3-6H,2,7-8H2,1H3,(H,13,16)(H,14,15). The van der Waals surface area contributed by atoms with Crippen molar-refractivity contribution >= 4 is 21.7 Å². The number of carbonyl (C=O) groups is 2. The van der Waals surface area contributed by atoms with E-state index in [1.165, 1.54) is 24.3 Å². The van der Waals surface area contributed by atoms with Gasteiger partial charge in [0.05, 0.1) is 10.6 Å². The van der Waals surface area contributed by atoms with E-state index in [2.05, 4.69) is 5.32 Å². The highest BCUT2D eigenvalue weighted by Gasteiger charge is 2.14. The lowest BCUT2D eigenvalue weighted by Crippen LogP contribution is -2.29. The molecule has 0 aliphatic heterocycles. The number of benzene rings is 1. The zero-order valence-electron chi connectivity index (χ0n) is 10.4. The van der Waals surface area contributed by atoms with Crippen molar-refractivity contribution in [3.8, 4) is 0 Å². The molecule has 0 atom stereocenters. The Balaban J connectivity index is 2.82. The molecular weight excluding hydrogens is 270 g/mol. The molecule has 0 saturated heterocycles. The Hall–Kier alpha value is -1.89. The summed E-state index contributed by atoms with van der Waals surface area (Å²) in [5.41, 5.74) is 0.219. The van der Waals surface area contributed by atoms with Crippen LogP contribution in [0.4, 0.5) is 0 Å². The van der Waals surface area contributed by atoms with Gasteiger partial charge in [0.2, 0.25) is 0 Å². The van der Waals surface area contributed by atoms with E-state index < -0.39 is 28.3 Å². The summed E-state index contributed by atoms with van der Waals surface area (Å²) in [6, 6.07) is 5.42. The number of nitrogens with one attached hydrogen (secondary N) is 1. The highest BCUT2D eigenvalue weighted by atomic mass is 32.2. The van der Waals surface area contributed by atoms with Gasteiger partial charge >= 0.3 is 5.97 Å². The predicted octanol–water partition coefficient (Wildman–Crippen LogP) is 0.685. The van der Waals surface area contributed by atoms with E-state index in [9.17, 15) is 18.0 Å². The molecule has 0 fully saturated rings. The van der Waals surface area contributed by atoms with E-state index >= 15 is 0 Å². The van der Waals surface area contributed by atoms with Crippen LogP contribution in [0.3, 0.4) is 0 Å². The van der Waals surface area contributed by atoms with Crippen molar-refractivity contribution in [2.45, 2.75) is 18.2 Å². The van der Waals surface area contributed by atoms with E-state index in [1.807, 2.05) is 0 Å². The van der Waals surface area contributed by atoms with Gasteiger partial charge in [-0.2, -0.15) is 0 Å². The maximum atomic E-state index is 11.8. The third-order valence-corrected chi connectivity index (χ3v) is 4.28. The first kappa shape index (κ1) is 15.2. The maximum absolute atomic E-state index is 11.8. The third kappa shape index (κ3) is 4.36. The smallest absolute Gasteiger partial charge is 0.322 e. The molecule has 1 aromatic rings. The average Bonchev–Trinajstić information content (AvgIpc) is 2.36. The summed E-state index contributed by atoms with van der Waals surface area (Å²) < 4.78 is 23.5. The van der Waals surface area contributed by atoms with Crippen molar-refractivity contribution in [2.75, 3.05) is 12.3 Å². The Morgan fingerprint density at radius 1 is 1.21 bits per heavy atom. The summed E-state index contributed by atoms with van der Waals surface area (Å²) in [5, 5.41) is 10.6. The normalized spacial score (nSPS) is 11.0. The number of hydrogen-bond donors (Lipinski definition) is 2. The number of carboxylic acids is 1. The van der Waals surface area contributed by atoms with Crippen molar-refractivity contribution in [3.63, 3.8) is 0 Å². The molecule has 1 aromatic carbocycles. The first-order valence-corrected chi connectivity index (χ1v) is 7.35. The fraction of sp³-hybridized carbons (Fsp3) is 0.333. The Kier molecular flexibility index (Phi) is 5.05. The second-order valence-corrected chi connectivity index (χ2v) is 6.03. The molecule has 19 heavy (non-hydrogen) atoms. The average molecular weight is 285 g/mol. The third-order valence-electron chi connectivity index (χ3n) is 2.35. The van der Waals surface area contributed by atoms with Crippen LogP contribution in [-0.2, 0) is 14.6 Å². The highest BCUT2D eigenvalue weighted by molar-refractivity contribution is 7.91. The molecule has 2 N–H and O–H groups in total. The monoisotopic (exact) mass is 285 g/mol. The summed E-state index contributed by atoms with van der Waals surface area (Å²) >= 11 is 0. The maximum Gasteiger partial charge on any atom is 0.322 e. The van der Waals surface area contributed by atoms with Crippen LogP contribution in [0.15, 0.2) is 29.2 Å². The Morgan fingerprint density at radius 2 is 1.79 bits per heavy atom. The fourth-order valence-corrected chi connectivity index (χ4v) is 2.78. The predicted molar refractivity (Wildman–Crippen MR) is 68.8 cm³/mol. The van der Waals surface area contributed by atoms with Gasteiger partial charge in [-0.25, -0.2) is 8.42 Å². The summed E-state index contributed by atoms with van der Waals surface area (Å²) in [7, 11) is -3.30. The minimum Gasteiger partial charge on any atom is -0.480 e. The molecule has 7 heteroatoms. The molecule has 104 valence electrons. The molecule has 0 spiro atoms. The quantitative estimate of drug-likeness (QED) is 0.800. The Bertz CT molecular complexity index is 562. The van der Waals surface area contributed by atoms with Gasteiger partial charge in [0.25, 0.3) is 5.91 Å². The molecule has 0 aliphatic carbocycles. The van der Waals surface area contributed by atoms with Gasteiger partial charge < -0.3 is 10.4 Å². The number of aliphatic carboxylic acids is 1. The Morgan fingerprint density at radius 3 is 2.26 bits per heavy atom. The summed E-state index contributed by atoms with van der Waals surface area (Å²) in [6.45, 7) is 1.29. The molecule has 0 aromatic heterocycles. The second kappa shape index (κ2) is 6.33. The van der Waals surface area contributed by atoms with Crippen LogP contribution >= 0.6 is 0 Å². The SMILES string of the molecule is CCCS(=O)(=O)c1ccc(C(=O)NCC(=O)O)cc1. The minimum absolute atomic E-state index is 0.0531. The lowest BCUT2D eigenvalue weighted by atomic mass is 10.2. The van der Waals surface area contributed by atoms with E-state index in [0.29, 0.717) is 6.42 Å². The number of carboxylic acid groups (broad SMARTS) is 1. The number of sulfone groups is 1. The highest BCUT2D eigenvalue weighted by Crippen LogP contribution is 2.13. The Labute approximate surface area is 111 Å². The van der Waals surface area contributed by atoms with Crippen LogP contribution in [0.2, 0.25) is 0 Å². The van der Waals surface area contributed by atoms with Gasteiger partial charge in [-0.05, 0) is 30.7 Å². The number of hydrogen-bond acceptors (Lipinski definition) is 4. The first-order valence-electron chi connectivity index (χ1n) is 5.69. The van der Waals surface area contributed by atoms with E-state index in [-0.39, 0.29) is 16.2 Å². The van der Waals surface area contributed by atoms with Crippen molar-refractivity contribution in [3.05, 3.63) is 29.8 Å². The van der Waals surface area contributed by atoms with Gasteiger partial charge in [0.15, 0.2) is 9.84 Å². The number of rotatable bonds is 6. The first-order chi connectivity index (χ1) is 8.86. The zero-order chi connectivity index (χ0) is 14.5. The molecule has 0 aliphatic rings. The topological polar surface area (TPSA) is 101 Å². The van der Waals surface area contributed by atoms with Crippen LogP contribution in [-0.4, -0.2) is 37.7 Å². The van der Waals surface area contributed by atoms with E-state index in [0.717, 1.165) is 0 Å². The lowest BCUT2D eigenvalue weighted by molar-refractivity contribution is -0.135. The van der Waals surface area contributed by atoms with Gasteiger partial charge in [-0.3, -0.25) is 9.59 Å². The van der Waals surface area contributed by atoms with Gasteiger partial charge in [0, 0.05) is 5.56 Å². The van der Waals surface area contributed by atoms with Gasteiger partial charge in [0.1, 0.15) is 6.54 Å². The van der Waals surface area contributed by atoms with Crippen LogP contribution in [0.25, 0.3) is 0 Å². The molecule has 0 bridgehead atoms. The molecule has 1 rings (SSSR count). The van der Waals surface area contributed by atoms with E-state index in [4.69, 9.17) is 5.11 Å². The zero-order valence-corrected chi connectivity index (χ0v) is 11.2. The number of amides is 1. The van der Waals surface area contributed by atoms with E-state index in [1.54, 1.807) is 6.92 Å². The van der Waals surface area contributed by atoms with Crippen LogP contribution in [0.5, 0.6) is 0 Å². The van der Waals surface area contributed by atoms with Crippen LogP contribution < -0.4 is 5.32 Å². The van der Waals surface area contributed by atoms with Crippen LogP contribution in [0.1, 0.15) is 23.7 Å². The summed E-state index contributed by atoms with van der Waals surface area (Å²) in [5.74, 6) is -1.64. The summed E-state index contributed by atoms with van der Waals surface area (Å²) in [6.07, 6.45) is 0.517. The summed E-state index contributed by atoms with van der Waals surface area (Å²) in [4.78, 5) is 22.0. The number of carbonyl (C=O) groups excluding carboxylic acids is 1. The van der Waals surface area contributed by atoms with Crippen molar-refractivity contribution < 1.29 is 23.1 Å². The molecule has 1 amide bonds. The van der Waals surface area contributed by atoms with Crippen molar-refractivity contribution in [1.29, 1.82) is 0 Å². The largest absolute Gasteiger partial charge is 0.480 e. The molecule has 0 unspecified atom stereocenters. The molecule has 6 nitrogen and oxygen atoms in total. The fourth-order valence-electron chi connectivity index (χ4n) is 1.46. The molecular formula is C12H15NO5S. The van der Waals surface area contributed by atoms with Crippen molar-refractivity contribution in [1.82, 2.24) is 5.32 Å². The molecule has 0 radical (unpaired) electrons. The lowest BCUT2D eigenvalue weighted by Gasteiger charge is -2.05. The van der Waals surface area contributed by atoms with Crippen LogP contribution in [0, 0.1) is 0 Å².